The molecule has 2 aromatic heterocycles. The van der Waals surface area contributed by atoms with Crippen LogP contribution >= 0.6 is 23.7 Å². The Morgan fingerprint density at radius 2 is 1.40 bits per heavy atom. The fraction of sp³-hybridized carbons (Fsp3) is 0.422. The molecule has 0 radical (unpaired) electrons. The fourth-order valence-corrected chi connectivity index (χ4v) is 13.4. The fourth-order valence-electron chi connectivity index (χ4n) is 12.3. The molecule has 0 saturated carbocycles. The van der Waals surface area contributed by atoms with Crippen LogP contribution in [0.5, 0.6) is 11.5 Å². The highest BCUT2D eigenvalue weighted by atomic mass is 32.2. The van der Waals surface area contributed by atoms with E-state index < -0.39 is 177 Å². The Bertz CT molecular complexity index is 3850. The van der Waals surface area contributed by atoms with E-state index in [1.807, 2.05) is 24.4 Å². The number of aromatic hydroxyl groups is 1. The number of phenolic OH excluding ortho intramolecular Hbond substituents is 1. The average Bonchev–Trinajstić information content (AvgIpc) is 1.68. The molecule has 6 heterocycles. The first-order valence-corrected chi connectivity index (χ1v) is 33.1. The first kappa shape index (κ1) is 72.5. The Morgan fingerprint density at radius 3 is 2.09 bits per heavy atom. The number of aromatic nitrogens is 4. The molecule has 4 aliphatic rings. The maximum atomic E-state index is 14.7. The molecule has 35 heteroatoms. The van der Waals surface area contributed by atoms with E-state index in [1.165, 1.54) is 47.7 Å². The van der Waals surface area contributed by atoms with Crippen molar-refractivity contribution in [3.63, 3.8) is 0 Å². The van der Waals surface area contributed by atoms with Gasteiger partial charge < -0.3 is 86.9 Å². The molecule has 4 aromatic carbocycles. The summed E-state index contributed by atoms with van der Waals surface area (Å²) in [4.78, 5) is 120. The number of para-hydroxylation sites is 1. The minimum Gasteiger partial charge on any atom is -0.504 e. The molecule has 4 aliphatic heterocycles. The molecule has 0 spiro atoms. The van der Waals surface area contributed by atoms with Gasteiger partial charge in [0.1, 0.15) is 41.3 Å². The number of nitrogens with two attached hydrogens (primary N) is 1. The number of amides is 8. The van der Waals surface area contributed by atoms with Crippen molar-refractivity contribution in [1.82, 2.24) is 61.3 Å². The average molecular weight is 1410 g/mol. The van der Waals surface area contributed by atoms with Crippen molar-refractivity contribution in [2.45, 2.75) is 119 Å². The molecule has 33 nitrogen and oxygen atoms in total. The molecule has 13 atom stereocenters. The van der Waals surface area contributed by atoms with Gasteiger partial charge in [0.05, 0.1) is 60.5 Å². The third-order valence-corrected chi connectivity index (χ3v) is 18.9. The zero-order valence-corrected chi connectivity index (χ0v) is 55.1. The zero-order chi connectivity index (χ0) is 70.8. The number of fused-ring (bicyclic) bond motifs is 2. The number of β-amino-alcohol motifs (C(OH)–C–C–N with tert-alkyl or cyclic N) is 1. The van der Waals surface area contributed by atoms with Crippen LogP contribution in [0.3, 0.4) is 0 Å². The highest BCUT2D eigenvalue weighted by Gasteiger charge is 2.50. The predicted molar refractivity (Wildman–Crippen MR) is 352 cm³/mol. The van der Waals surface area contributed by atoms with Gasteiger partial charge in [-0.25, -0.2) is 9.94 Å². The van der Waals surface area contributed by atoms with E-state index in [9.17, 15) is 74.1 Å². The quantitative estimate of drug-likeness (QED) is 0.0185. The molecule has 99 heavy (non-hydrogen) atoms. The van der Waals surface area contributed by atoms with E-state index in [-0.39, 0.29) is 29.2 Å². The number of hydrogen-bond acceptors (Lipinski definition) is 26. The van der Waals surface area contributed by atoms with Crippen molar-refractivity contribution < 1.29 is 92.9 Å². The smallest absolute Gasteiger partial charge is 0.261 e. The summed E-state index contributed by atoms with van der Waals surface area (Å²) in [5.41, 5.74) is 10.0. The number of carbonyl (C=O) groups excluding carboxylic acids is 8. The van der Waals surface area contributed by atoms with Gasteiger partial charge in [-0.15, -0.1) is 10.2 Å². The Morgan fingerprint density at radius 1 is 0.737 bits per heavy atom. The van der Waals surface area contributed by atoms with Crippen molar-refractivity contribution in [2.24, 2.45) is 11.7 Å². The van der Waals surface area contributed by atoms with Crippen LogP contribution in [0.1, 0.15) is 54.6 Å². The van der Waals surface area contributed by atoms with E-state index in [1.54, 1.807) is 23.0 Å². The van der Waals surface area contributed by atoms with Crippen molar-refractivity contribution in [2.75, 3.05) is 50.7 Å². The number of carbonyl (C=O) groups is 8. The van der Waals surface area contributed by atoms with Crippen LogP contribution in [-0.4, -0.2) is 242 Å². The largest absolute Gasteiger partial charge is 0.504 e. The number of nitrogens with zero attached hydrogens (tertiary/aromatic N) is 8. The summed E-state index contributed by atoms with van der Waals surface area (Å²) >= 11 is 1.32. The number of benzene rings is 4. The number of phenols is 1. The van der Waals surface area contributed by atoms with Gasteiger partial charge in [-0.05, 0) is 66.6 Å². The van der Waals surface area contributed by atoms with E-state index in [0.717, 1.165) is 67.3 Å². The first-order valence-electron chi connectivity index (χ1n) is 31.6. The second-order valence-corrected chi connectivity index (χ2v) is 26.1. The molecule has 528 valence electrons. The Balaban J connectivity index is 0.868. The maximum absolute atomic E-state index is 14.7. The normalized spacial score (nSPS) is 24.9. The summed E-state index contributed by atoms with van der Waals surface area (Å²) in [6.07, 6.45) is -10.2. The third-order valence-electron chi connectivity index (χ3n) is 17.6. The van der Waals surface area contributed by atoms with Gasteiger partial charge in [0.2, 0.25) is 41.4 Å². The number of piperazine rings is 1. The number of hydrogen-bond donors (Lipinski definition) is 14. The van der Waals surface area contributed by atoms with Crippen LogP contribution in [0.25, 0.3) is 26.8 Å². The lowest BCUT2D eigenvalue weighted by atomic mass is 9.98. The van der Waals surface area contributed by atoms with E-state index in [0.29, 0.717) is 21.1 Å². The van der Waals surface area contributed by atoms with Crippen LogP contribution in [0.15, 0.2) is 109 Å². The highest BCUT2D eigenvalue weighted by molar-refractivity contribution is 7.90. The van der Waals surface area contributed by atoms with Gasteiger partial charge in [-0.3, -0.25) is 43.3 Å². The van der Waals surface area contributed by atoms with Crippen LogP contribution < -0.4 is 41.4 Å². The van der Waals surface area contributed by atoms with Gasteiger partial charge in [-0.1, -0.05) is 76.2 Å². The second kappa shape index (κ2) is 32.6. The van der Waals surface area contributed by atoms with Crippen molar-refractivity contribution in [3.8, 4) is 38.3 Å². The Hall–Kier alpha value is -9.24. The molecule has 4 saturated heterocycles. The highest BCUT2D eigenvalue weighted by Crippen LogP contribution is 2.33. The summed E-state index contributed by atoms with van der Waals surface area (Å²) in [5.74, 6) is -11.1. The van der Waals surface area contributed by atoms with Crippen molar-refractivity contribution in [3.05, 3.63) is 126 Å². The predicted octanol–water partition coefficient (Wildman–Crippen LogP) is -1.73. The zero-order valence-electron chi connectivity index (χ0n) is 53.4. The van der Waals surface area contributed by atoms with Crippen molar-refractivity contribution in [1.29, 1.82) is 0 Å². The van der Waals surface area contributed by atoms with Gasteiger partial charge in [0, 0.05) is 101 Å². The van der Waals surface area contributed by atoms with Crippen LogP contribution in [0.2, 0.25) is 0 Å². The third kappa shape index (κ3) is 17.8. The topological polar surface area (TPSA) is 469 Å². The number of aliphatic hydroxyl groups is 6. The molecule has 4 fully saturated rings. The number of anilines is 1. The Kier molecular flexibility index (Phi) is 23.9. The summed E-state index contributed by atoms with van der Waals surface area (Å²) in [6.45, 7) is 5.45. The summed E-state index contributed by atoms with van der Waals surface area (Å²) in [6, 6.07) is 16.4. The van der Waals surface area contributed by atoms with Crippen LogP contribution in [-0.2, 0) is 55.9 Å². The summed E-state index contributed by atoms with van der Waals surface area (Å²) in [5, 5.41) is 117. The van der Waals surface area contributed by atoms with Crippen molar-refractivity contribution >= 4 is 76.6 Å². The molecule has 15 N–H and O–H groups in total. The number of rotatable bonds is 19. The molecule has 13 unspecified atom stereocenters. The minimum absolute atomic E-state index is 0.00649. The Labute approximate surface area is 574 Å². The molecule has 10 rings (SSSR count). The summed E-state index contributed by atoms with van der Waals surface area (Å²) < 4.78 is 11.1. The molecule has 8 amide bonds. The number of primary amides is 1. The second-order valence-electron chi connectivity index (χ2n) is 24.7. The lowest BCUT2D eigenvalue weighted by molar-refractivity contribution is -0.433. The molecular formula is C64H76N14O19S2. The van der Waals surface area contributed by atoms with E-state index in [4.69, 9.17) is 15.2 Å². The summed E-state index contributed by atoms with van der Waals surface area (Å²) in [7, 11) is 0. The van der Waals surface area contributed by atoms with Crippen LogP contribution in [0, 0.1) is 5.92 Å². The minimum atomic E-state index is -2.22. The molecule has 6 aromatic rings. The lowest BCUT2D eigenvalue weighted by Gasteiger charge is -2.36. The standard InChI is InChI=1S/C64H76N14O19S2/c1-33-29-77-54(55(33)86)60(91)66-28-42(80)24-44(68-56(87)37-11-13-38(14-12-37)61-72-73-62(98-61)39-27-67-78(31-39)41-15-8-35(9-16-41)30-74-18-20-75(21-19-74)40-6-4-3-5-7-40)57(88)69-51(34(2)79)63(92)76-32-43(81)25-45(76)58(89)70-52(59(90)71-53(64(77)93)48(84)26-50(65)85)47(83)22-36-10-17-46(82)49(23-36)95-99-97-96-94/h3-17,23,27,31,33-34,42-45,47-48,51-55,79-84,86,94H,18-22,24-26,28-30,32H2,1-2H3,(H2,65,85)(H,66,91)(H,68,87)(H,69,88)(H,70,89)(H,71,90). The molecule has 0 aliphatic carbocycles. The number of nitrogens with one attached hydrogen (secondary N) is 5. The monoisotopic (exact) mass is 1410 g/mol. The van der Waals surface area contributed by atoms with Gasteiger partial charge >= 0.3 is 0 Å². The molecule has 0 bridgehead atoms. The van der Waals surface area contributed by atoms with E-state index in [2.05, 4.69) is 97.5 Å². The van der Waals surface area contributed by atoms with Gasteiger partial charge in [0.25, 0.3) is 18.2 Å². The maximum Gasteiger partial charge on any atom is 0.261 e. The SMILES string of the molecule is CC(O)C1NC(=O)C(NC(=O)c2ccc(-c3nnc(-c4cnn(-c5ccc(CN6CCN(c7ccccc7)CC6)cc5)c4)s3)cc2)CC(O)CNC(=O)C2C(O)C(C)CN2C(=O)C(C(O)CC(N)=O)NC(=O)C(C(O)Cc2ccc(O)c(OSOOO)c2)NC(=O)C2CC(O)CN2C1=O. The van der Waals surface area contributed by atoms with Gasteiger partial charge in [-0.2, -0.15) is 5.10 Å². The van der Waals surface area contributed by atoms with Gasteiger partial charge in [0.15, 0.2) is 16.5 Å². The van der Waals surface area contributed by atoms with Crippen LogP contribution in [0.4, 0.5) is 5.69 Å². The molecular weight excluding hydrogens is 1330 g/mol. The first-order chi connectivity index (χ1) is 47.4. The van der Waals surface area contributed by atoms with E-state index >= 15 is 0 Å². The lowest BCUT2D eigenvalue weighted by Crippen LogP contribution is -2.64. The number of aliphatic hydroxyl groups excluding tert-OH is 6.